The molecule has 9 nitrogen and oxygen atoms in total. The Hall–Kier alpha value is -4.27. The fraction of sp³-hybridized carbons (Fsp3) is 0.208. The highest BCUT2D eigenvalue weighted by molar-refractivity contribution is 5.96. The second-order valence-electron chi connectivity index (χ2n) is 7.56. The van der Waals surface area contributed by atoms with Crippen LogP contribution in [0.4, 0.5) is 5.69 Å². The smallest absolute Gasteiger partial charge is 0.331 e. The summed E-state index contributed by atoms with van der Waals surface area (Å²) in [5, 5.41) is 2.78. The third-order valence-electron chi connectivity index (χ3n) is 5.52. The molecular formula is C24H24N4O5. The van der Waals surface area contributed by atoms with Crippen LogP contribution in [0.25, 0.3) is 22.2 Å². The van der Waals surface area contributed by atoms with Gasteiger partial charge in [0.2, 0.25) is 5.91 Å². The lowest BCUT2D eigenvalue weighted by Gasteiger charge is -2.14. The number of anilines is 1. The van der Waals surface area contributed by atoms with Gasteiger partial charge in [-0.2, -0.15) is 0 Å². The van der Waals surface area contributed by atoms with E-state index in [-0.39, 0.29) is 6.54 Å². The average Bonchev–Trinajstić information content (AvgIpc) is 3.18. The first-order valence-corrected chi connectivity index (χ1v) is 10.2. The average molecular weight is 448 g/mol. The van der Waals surface area contributed by atoms with Crippen LogP contribution >= 0.6 is 0 Å². The Bertz CT molecular complexity index is 1460. The molecule has 4 rings (SSSR count). The van der Waals surface area contributed by atoms with Gasteiger partial charge in [-0.25, -0.2) is 4.79 Å². The number of methoxy groups -OCH3 is 2. The molecule has 0 spiro atoms. The monoisotopic (exact) mass is 448 g/mol. The minimum atomic E-state index is -0.576. The van der Waals surface area contributed by atoms with Crippen molar-refractivity contribution in [1.29, 1.82) is 0 Å². The summed E-state index contributed by atoms with van der Waals surface area (Å²) in [6, 6.07) is 14.4. The van der Waals surface area contributed by atoms with Gasteiger partial charge in [0.25, 0.3) is 5.56 Å². The molecule has 4 aromatic rings. The summed E-state index contributed by atoms with van der Waals surface area (Å²) >= 11 is 0. The molecule has 9 heteroatoms. The number of aryl methyl sites for hydroxylation is 1. The van der Waals surface area contributed by atoms with Gasteiger partial charge in [0.15, 0.2) is 0 Å². The molecule has 1 amide bonds. The fourth-order valence-corrected chi connectivity index (χ4v) is 3.87. The summed E-state index contributed by atoms with van der Waals surface area (Å²) in [5.74, 6) is 0.561. The Morgan fingerprint density at radius 2 is 1.70 bits per heavy atom. The molecule has 0 bridgehead atoms. The van der Waals surface area contributed by atoms with Crippen molar-refractivity contribution < 1.29 is 14.3 Å². The Morgan fingerprint density at radius 3 is 2.36 bits per heavy atom. The zero-order valence-corrected chi connectivity index (χ0v) is 18.8. The van der Waals surface area contributed by atoms with Crippen molar-refractivity contribution >= 4 is 22.6 Å². The molecule has 2 heterocycles. The molecule has 33 heavy (non-hydrogen) atoms. The Labute approximate surface area is 189 Å². The predicted octanol–water partition coefficient (Wildman–Crippen LogP) is 2.36. The molecule has 0 aliphatic heterocycles. The fourth-order valence-electron chi connectivity index (χ4n) is 3.87. The van der Waals surface area contributed by atoms with Gasteiger partial charge in [0.05, 0.1) is 25.4 Å². The maximum atomic E-state index is 13.1. The standard InChI is InChI=1S/C24H24N4O5/c1-26-13-17(15-8-6-5-7-9-15)21-22(26)23(30)27(2)24(31)28(21)14-20(29)25-18-11-10-16(32-3)12-19(18)33-4/h5-13H,14H2,1-4H3,(H,25,29). The number of nitrogens with one attached hydrogen (secondary N) is 1. The second kappa shape index (κ2) is 8.70. The summed E-state index contributed by atoms with van der Waals surface area (Å²) < 4.78 is 14.5. The molecule has 0 atom stereocenters. The highest BCUT2D eigenvalue weighted by Gasteiger charge is 2.21. The van der Waals surface area contributed by atoms with Crippen LogP contribution in [-0.4, -0.2) is 33.8 Å². The molecule has 1 N–H and O–H groups in total. The number of ether oxygens (including phenoxy) is 2. The van der Waals surface area contributed by atoms with Gasteiger partial charge in [-0.1, -0.05) is 30.3 Å². The lowest BCUT2D eigenvalue weighted by molar-refractivity contribution is -0.116. The summed E-state index contributed by atoms with van der Waals surface area (Å²) in [7, 11) is 6.17. The first-order chi connectivity index (χ1) is 15.8. The van der Waals surface area contributed by atoms with E-state index < -0.39 is 17.2 Å². The van der Waals surface area contributed by atoms with Crippen LogP contribution < -0.4 is 26.0 Å². The normalized spacial score (nSPS) is 10.9. The number of fused-ring (bicyclic) bond motifs is 1. The SMILES string of the molecule is COc1ccc(NC(=O)Cn2c(=O)n(C)c(=O)c3c2c(-c2ccccc2)cn3C)c(OC)c1. The summed E-state index contributed by atoms with van der Waals surface area (Å²) in [6.45, 7) is -0.289. The molecule has 0 aliphatic rings. The van der Waals surface area contributed by atoms with Crippen LogP contribution in [0.1, 0.15) is 0 Å². The Balaban J connectivity index is 1.82. The lowest BCUT2D eigenvalue weighted by Crippen LogP contribution is -2.40. The molecule has 0 fully saturated rings. The van der Waals surface area contributed by atoms with Crippen molar-refractivity contribution in [3.8, 4) is 22.6 Å². The quantitative estimate of drug-likeness (QED) is 0.489. The van der Waals surface area contributed by atoms with Crippen LogP contribution in [0.2, 0.25) is 0 Å². The third kappa shape index (κ3) is 3.89. The van der Waals surface area contributed by atoms with E-state index in [1.54, 1.807) is 36.0 Å². The number of nitrogens with zero attached hydrogens (tertiary/aromatic N) is 3. The van der Waals surface area contributed by atoms with Crippen molar-refractivity contribution in [3.05, 3.63) is 75.6 Å². The van der Waals surface area contributed by atoms with Crippen molar-refractivity contribution in [3.63, 3.8) is 0 Å². The molecule has 0 aliphatic carbocycles. The maximum Gasteiger partial charge on any atom is 0.331 e. The Kier molecular flexibility index (Phi) is 5.78. The van der Waals surface area contributed by atoms with Crippen molar-refractivity contribution in [2.24, 2.45) is 14.1 Å². The highest BCUT2D eigenvalue weighted by Crippen LogP contribution is 2.30. The molecule has 0 radical (unpaired) electrons. The van der Waals surface area contributed by atoms with E-state index in [1.165, 1.54) is 25.8 Å². The molecule has 2 aromatic carbocycles. The number of amides is 1. The van der Waals surface area contributed by atoms with E-state index in [0.29, 0.717) is 33.8 Å². The van der Waals surface area contributed by atoms with Crippen LogP contribution in [-0.2, 0) is 25.4 Å². The predicted molar refractivity (Wildman–Crippen MR) is 126 cm³/mol. The molecule has 0 saturated heterocycles. The van der Waals surface area contributed by atoms with Gasteiger partial charge < -0.3 is 19.4 Å². The van der Waals surface area contributed by atoms with Crippen molar-refractivity contribution in [2.45, 2.75) is 6.54 Å². The van der Waals surface area contributed by atoms with E-state index >= 15 is 0 Å². The maximum absolute atomic E-state index is 13.1. The second-order valence-corrected chi connectivity index (χ2v) is 7.56. The first kappa shape index (κ1) is 21.9. The van der Waals surface area contributed by atoms with Crippen LogP contribution in [0.3, 0.4) is 0 Å². The van der Waals surface area contributed by atoms with Gasteiger partial charge in [0.1, 0.15) is 23.6 Å². The number of rotatable bonds is 6. The van der Waals surface area contributed by atoms with E-state index in [1.807, 2.05) is 30.3 Å². The largest absolute Gasteiger partial charge is 0.497 e. The van der Waals surface area contributed by atoms with Crippen molar-refractivity contribution in [1.82, 2.24) is 13.7 Å². The molecule has 0 saturated carbocycles. The third-order valence-corrected chi connectivity index (χ3v) is 5.52. The number of carbonyl (C=O) groups is 1. The lowest BCUT2D eigenvalue weighted by atomic mass is 10.1. The number of aromatic nitrogens is 3. The molecular weight excluding hydrogens is 424 g/mol. The zero-order chi connectivity index (χ0) is 23.7. The molecule has 2 aromatic heterocycles. The molecule has 170 valence electrons. The van der Waals surface area contributed by atoms with Gasteiger partial charge >= 0.3 is 5.69 Å². The zero-order valence-electron chi connectivity index (χ0n) is 18.8. The van der Waals surface area contributed by atoms with E-state index in [4.69, 9.17) is 9.47 Å². The van der Waals surface area contributed by atoms with Crippen molar-refractivity contribution in [2.75, 3.05) is 19.5 Å². The number of hydrogen-bond donors (Lipinski definition) is 1. The summed E-state index contributed by atoms with van der Waals surface area (Å²) in [6.07, 6.45) is 1.79. The van der Waals surface area contributed by atoms with Gasteiger partial charge in [0, 0.05) is 31.9 Å². The van der Waals surface area contributed by atoms with E-state index in [0.717, 1.165) is 10.1 Å². The minimum Gasteiger partial charge on any atom is -0.497 e. The van der Waals surface area contributed by atoms with E-state index in [2.05, 4.69) is 5.32 Å². The molecule has 0 unspecified atom stereocenters. The van der Waals surface area contributed by atoms with Gasteiger partial charge in [-0.15, -0.1) is 0 Å². The van der Waals surface area contributed by atoms with Crippen LogP contribution in [0.15, 0.2) is 64.3 Å². The highest BCUT2D eigenvalue weighted by atomic mass is 16.5. The summed E-state index contributed by atoms with van der Waals surface area (Å²) in [4.78, 5) is 39.0. The van der Waals surface area contributed by atoms with Crippen LogP contribution in [0, 0.1) is 0 Å². The topological polar surface area (TPSA) is 96.5 Å². The number of hydrogen-bond acceptors (Lipinski definition) is 5. The summed E-state index contributed by atoms with van der Waals surface area (Å²) in [5.41, 5.74) is 1.72. The van der Waals surface area contributed by atoms with E-state index in [9.17, 15) is 14.4 Å². The van der Waals surface area contributed by atoms with Crippen LogP contribution in [0.5, 0.6) is 11.5 Å². The first-order valence-electron chi connectivity index (χ1n) is 10.2. The number of carbonyl (C=O) groups excluding carboxylic acids is 1. The number of benzene rings is 2. The minimum absolute atomic E-state index is 0.289. The van der Waals surface area contributed by atoms with Gasteiger partial charge in [-0.3, -0.25) is 18.7 Å². The Morgan fingerprint density at radius 1 is 0.970 bits per heavy atom. The van der Waals surface area contributed by atoms with Gasteiger partial charge in [-0.05, 0) is 17.7 Å².